The predicted octanol–water partition coefficient (Wildman–Crippen LogP) is 3.41. The summed E-state index contributed by atoms with van der Waals surface area (Å²) in [6.45, 7) is 6.27. The van der Waals surface area contributed by atoms with Gasteiger partial charge in [0, 0.05) is 17.8 Å². The Labute approximate surface area is 165 Å². The Hall–Kier alpha value is -2.67. The van der Waals surface area contributed by atoms with Crippen LogP contribution in [0.2, 0.25) is 0 Å². The van der Waals surface area contributed by atoms with Gasteiger partial charge in [0.15, 0.2) is 9.84 Å². The van der Waals surface area contributed by atoms with Crippen molar-refractivity contribution in [3.05, 3.63) is 59.8 Å². The predicted molar refractivity (Wildman–Crippen MR) is 110 cm³/mol. The number of benzene rings is 2. The first-order valence-corrected chi connectivity index (χ1v) is 11.0. The van der Waals surface area contributed by atoms with Crippen LogP contribution in [0, 0.1) is 6.92 Å². The van der Waals surface area contributed by atoms with Crippen molar-refractivity contribution in [2.24, 2.45) is 0 Å². The summed E-state index contributed by atoms with van der Waals surface area (Å²) in [6, 6.07) is 14.7. The SMILES string of the molecule is Cc1ccc(S(=O)(=O)CCC(=O)NCc2nn(C(C)C)c3ccccc23)cc1. The zero-order valence-corrected chi connectivity index (χ0v) is 17.2. The molecule has 7 heteroatoms. The Morgan fingerprint density at radius 2 is 1.79 bits per heavy atom. The lowest BCUT2D eigenvalue weighted by molar-refractivity contribution is -0.120. The molecule has 0 atom stereocenters. The van der Waals surface area contributed by atoms with Gasteiger partial charge in [0.2, 0.25) is 5.91 Å². The highest BCUT2D eigenvalue weighted by molar-refractivity contribution is 7.91. The summed E-state index contributed by atoms with van der Waals surface area (Å²) in [5.74, 6) is -0.526. The van der Waals surface area contributed by atoms with Crippen LogP contribution < -0.4 is 5.32 Å². The van der Waals surface area contributed by atoms with Crippen LogP contribution in [0.25, 0.3) is 10.9 Å². The van der Waals surface area contributed by atoms with E-state index in [0.717, 1.165) is 22.2 Å². The number of amides is 1. The third-order valence-electron chi connectivity index (χ3n) is 4.61. The first kappa shape index (κ1) is 20.1. The molecule has 2 aromatic carbocycles. The summed E-state index contributed by atoms with van der Waals surface area (Å²) in [5, 5.41) is 8.40. The summed E-state index contributed by atoms with van der Waals surface area (Å²) >= 11 is 0. The van der Waals surface area contributed by atoms with Gasteiger partial charge in [-0.2, -0.15) is 5.10 Å². The summed E-state index contributed by atoms with van der Waals surface area (Å²) in [6.07, 6.45) is -0.0843. The minimum Gasteiger partial charge on any atom is -0.350 e. The van der Waals surface area contributed by atoms with Gasteiger partial charge >= 0.3 is 0 Å². The molecular formula is C21H25N3O3S. The fourth-order valence-corrected chi connectivity index (χ4v) is 4.28. The fourth-order valence-electron chi connectivity index (χ4n) is 3.04. The van der Waals surface area contributed by atoms with Crippen LogP contribution in [0.1, 0.15) is 37.6 Å². The fraction of sp³-hybridized carbons (Fsp3) is 0.333. The van der Waals surface area contributed by atoms with Crippen molar-refractivity contribution in [3.63, 3.8) is 0 Å². The monoisotopic (exact) mass is 399 g/mol. The van der Waals surface area contributed by atoms with Crippen LogP contribution in [-0.4, -0.2) is 29.9 Å². The number of hydrogen-bond acceptors (Lipinski definition) is 4. The van der Waals surface area contributed by atoms with Crippen LogP contribution in [0.4, 0.5) is 0 Å². The van der Waals surface area contributed by atoms with E-state index in [0.29, 0.717) is 0 Å². The average molecular weight is 400 g/mol. The number of para-hydroxylation sites is 1. The maximum atomic E-state index is 12.4. The number of sulfone groups is 1. The van der Waals surface area contributed by atoms with E-state index in [1.807, 2.05) is 35.9 Å². The van der Waals surface area contributed by atoms with Crippen molar-refractivity contribution in [1.29, 1.82) is 0 Å². The van der Waals surface area contributed by atoms with Gasteiger partial charge in [-0.25, -0.2) is 8.42 Å². The van der Waals surface area contributed by atoms with Crippen molar-refractivity contribution in [2.45, 2.75) is 44.7 Å². The van der Waals surface area contributed by atoms with Crippen LogP contribution in [0.3, 0.4) is 0 Å². The minimum absolute atomic E-state index is 0.0843. The van der Waals surface area contributed by atoms with E-state index in [1.54, 1.807) is 24.3 Å². The topological polar surface area (TPSA) is 81.1 Å². The molecule has 0 fully saturated rings. The standard InChI is InChI=1S/C21H25N3O3S/c1-15(2)24-20-7-5-4-6-18(20)19(23-24)14-22-21(25)12-13-28(26,27)17-10-8-16(3)9-11-17/h4-11,15H,12-14H2,1-3H3,(H,22,25). The van der Waals surface area contributed by atoms with Crippen molar-refractivity contribution < 1.29 is 13.2 Å². The molecule has 0 unspecified atom stereocenters. The average Bonchev–Trinajstić information content (AvgIpc) is 3.04. The van der Waals surface area contributed by atoms with Gasteiger partial charge in [-0.1, -0.05) is 35.9 Å². The molecule has 6 nitrogen and oxygen atoms in total. The maximum absolute atomic E-state index is 12.4. The van der Waals surface area contributed by atoms with Crippen LogP contribution in [0.5, 0.6) is 0 Å². The number of nitrogens with zero attached hydrogens (tertiary/aromatic N) is 2. The lowest BCUT2D eigenvalue weighted by Gasteiger charge is -2.07. The quantitative estimate of drug-likeness (QED) is 0.660. The van der Waals surface area contributed by atoms with E-state index >= 15 is 0 Å². The number of carbonyl (C=O) groups is 1. The van der Waals surface area contributed by atoms with E-state index in [-0.39, 0.29) is 35.6 Å². The highest BCUT2D eigenvalue weighted by atomic mass is 32.2. The lowest BCUT2D eigenvalue weighted by atomic mass is 10.2. The third kappa shape index (κ3) is 4.42. The largest absolute Gasteiger partial charge is 0.350 e. The summed E-state index contributed by atoms with van der Waals surface area (Å²) < 4.78 is 26.7. The zero-order chi connectivity index (χ0) is 20.3. The molecule has 1 amide bonds. The first-order valence-electron chi connectivity index (χ1n) is 9.30. The summed E-state index contributed by atoms with van der Waals surface area (Å²) in [4.78, 5) is 12.5. The summed E-state index contributed by atoms with van der Waals surface area (Å²) in [7, 11) is -3.48. The normalized spacial score (nSPS) is 11.9. The van der Waals surface area contributed by atoms with Gasteiger partial charge in [0.05, 0.1) is 28.4 Å². The molecule has 0 saturated heterocycles. The Balaban J connectivity index is 1.63. The third-order valence-corrected chi connectivity index (χ3v) is 6.34. The van der Waals surface area contributed by atoms with E-state index in [1.165, 1.54) is 0 Å². The number of aromatic nitrogens is 2. The van der Waals surface area contributed by atoms with E-state index in [2.05, 4.69) is 24.3 Å². The highest BCUT2D eigenvalue weighted by Gasteiger charge is 2.17. The van der Waals surface area contributed by atoms with Gasteiger partial charge in [-0.3, -0.25) is 9.48 Å². The highest BCUT2D eigenvalue weighted by Crippen LogP contribution is 2.21. The van der Waals surface area contributed by atoms with Crippen molar-refractivity contribution >= 4 is 26.6 Å². The Morgan fingerprint density at radius 1 is 1.11 bits per heavy atom. The number of nitrogens with one attached hydrogen (secondary N) is 1. The summed E-state index contributed by atoms with van der Waals surface area (Å²) in [5.41, 5.74) is 2.78. The molecule has 0 saturated carbocycles. The minimum atomic E-state index is -3.48. The van der Waals surface area contributed by atoms with Crippen molar-refractivity contribution in [3.8, 4) is 0 Å². The molecule has 1 aromatic heterocycles. The second kappa shape index (κ2) is 8.14. The van der Waals surface area contributed by atoms with Gasteiger partial charge in [0.1, 0.15) is 0 Å². The number of rotatable bonds is 7. The second-order valence-corrected chi connectivity index (χ2v) is 9.27. The second-order valence-electron chi connectivity index (χ2n) is 7.16. The molecule has 1 heterocycles. The molecule has 148 valence electrons. The number of fused-ring (bicyclic) bond motifs is 1. The lowest BCUT2D eigenvalue weighted by Crippen LogP contribution is -2.25. The Bertz CT molecular complexity index is 1080. The maximum Gasteiger partial charge on any atom is 0.221 e. The van der Waals surface area contributed by atoms with Crippen LogP contribution in [-0.2, 0) is 21.2 Å². The molecular weight excluding hydrogens is 374 g/mol. The molecule has 1 N–H and O–H groups in total. The van der Waals surface area contributed by atoms with Crippen LogP contribution >= 0.6 is 0 Å². The van der Waals surface area contributed by atoms with Crippen molar-refractivity contribution in [2.75, 3.05) is 5.75 Å². The molecule has 3 rings (SSSR count). The molecule has 0 aliphatic carbocycles. The first-order chi connectivity index (χ1) is 13.3. The Morgan fingerprint density at radius 3 is 2.46 bits per heavy atom. The van der Waals surface area contributed by atoms with E-state index in [4.69, 9.17) is 0 Å². The molecule has 0 spiro atoms. The Kier molecular flexibility index (Phi) is 5.84. The van der Waals surface area contributed by atoms with E-state index in [9.17, 15) is 13.2 Å². The van der Waals surface area contributed by atoms with Gasteiger partial charge in [-0.05, 0) is 39.0 Å². The molecule has 3 aromatic rings. The van der Waals surface area contributed by atoms with Gasteiger partial charge < -0.3 is 5.32 Å². The van der Waals surface area contributed by atoms with Gasteiger partial charge in [-0.15, -0.1) is 0 Å². The zero-order valence-electron chi connectivity index (χ0n) is 16.3. The molecule has 0 aliphatic heterocycles. The van der Waals surface area contributed by atoms with E-state index < -0.39 is 9.84 Å². The number of hydrogen-bond donors (Lipinski definition) is 1. The molecule has 28 heavy (non-hydrogen) atoms. The number of aryl methyl sites for hydroxylation is 1. The van der Waals surface area contributed by atoms with Crippen molar-refractivity contribution in [1.82, 2.24) is 15.1 Å². The molecule has 0 bridgehead atoms. The molecule has 0 aliphatic rings. The van der Waals surface area contributed by atoms with Gasteiger partial charge in [0.25, 0.3) is 0 Å². The molecule has 0 radical (unpaired) electrons. The van der Waals surface area contributed by atoms with Crippen LogP contribution in [0.15, 0.2) is 53.4 Å². The number of carbonyl (C=O) groups excluding carboxylic acids is 1. The smallest absolute Gasteiger partial charge is 0.221 e.